The maximum atomic E-state index is 11.8. The number of ether oxygens (including phenoxy) is 1. The number of nitrogens with one attached hydrogen (secondary N) is 1. The number of carbonyl (C=O) groups is 1. The zero-order chi connectivity index (χ0) is 18.4. The maximum Gasteiger partial charge on any atom is 0.409 e. The van der Waals surface area contributed by atoms with E-state index in [0.717, 1.165) is 5.82 Å². The molecule has 1 fully saturated rings. The highest BCUT2D eigenvalue weighted by Gasteiger charge is 2.22. The predicted octanol–water partition coefficient (Wildman–Crippen LogP) is 2.37. The van der Waals surface area contributed by atoms with Crippen LogP contribution in [-0.4, -0.2) is 53.7 Å². The molecule has 0 unspecified atom stereocenters. The van der Waals surface area contributed by atoms with Crippen LogP contribution in [0, 0.1) is 11.3 Å². The summed E-state index contributed by atoms with van der Waals surface area (Å²) < 4.78 is 5.04. The van der Waals surface area contributed by atoms with E-state index >= 15 is 0 Å². The van der Waals surface area contributed by atoms with E-state index in [1.165, 1.54) is 6.33 Å². The highest BCUT2D eigenvalue weighted by atomic mass is 16.6. The van der Waals surface area contributed by atoms with E-state index in [9.17, 15) is 10.1 Å². The number of nitrogens with zero attached hydrogens (tertiary/aromatic N) is 5. The normalized spacial score (nSPS) is 13.8. The Morgan fingerprint density at radius 2 is 2.04 bits per heavy atom. The van der Waals surface area contributed by atoms with Gasteiger partial charge < -0.3 is 19.9 Å². The molecule has 2 aromatic rings. The minimum Gasteiger partial charge on any atom is -0.450 e. The minimum atomic E-state index is -0.273. The van der Waals surface area contributed by atoms with Gasteiger partial charge in [0.15, 0.2) is 0 Å². The van der Waals surface area contributed by atoms with Crippen molar-refractivity contribution in [3.8, 4) is 6.07 Å². The van der Waals surface area contributed by atoms with Gasteiger partial charge in [0.2, 0.25) is 0 Å². The molecule has 0 radical (unpaired) electrons. The number of amides is 1. The van der Waals surface area contributed by atoms with Gasteiger partial charge in [-0.25, -0.2) is 14.8 Å². The second-order valence-corrected chi connectivity index (χ2v) is 5.72. The van der Waals surface area contributed by atoms with Crippen molar-refractivity contribution in [1.82, 2.24) is 14.9 Å². The minimum absolute atomic E-state index is 0.273. The molecule has 0 aliphatic carbocycles. The molecule has 3 rings (SSSR count). The summed E-state index contributed by atoms with van der Waals surface area (Å²) in [5.41, 5.74) is 1.25. The number of carbonyl (C=O) groups excluding carboxylic acids is 1. The van der Waals surface area contributed by atoms with E-state index in [4.69, 9.17) is 4.74 Å². The highest BCUT2D eigenvalue weighted by Crippen LogP contribution is 2.22. The van der Waals surface area contributed by atoms with Crippen LogP contribution in [0.3, 0.4) is 0 Å². The predicted molar refractivity (Wildman–Crippen MR) is 97.3 cm³/mol. The van der Waals surface area contributed by atoms with E-state index < -0.39 is 0 Å². The topological polar surface area (TPSA) is 94.4 Å². The summed E-state index contributed by atoms with van der Waals surface area (Å²) >= 11 is 0. The van der Waals surface area contributed by atoms with Crippen molar-refractivity contribution < 1.29 is 9.53 Å². The third-order valence-electron chi connectivity index (χ3n) is 4.09. The van der Waals surface area contributed by atoms with E-state index in [-0.39, 0.29) is 6.09 Å². The lowest BCUT2D eigenvalue weighted by Crippen LogP contribution is -2.49. The third kappa shape index (κ3) is 4.00. The molecule has 26 heavy (non-hydrogen) atoms. The number of nitriles is 1. The zero-order valence-electron chi connectivity index (χ0n) is 14.6. The van der Waals surface area contributed by atoms with Crippen LogP contribution < -0.4 is 10.2 Å². The summed E-state index contributed by atoms with van der Waals surface area (Å²) in [6.07, 6.45) is 1.22. The van der Waals surface area contributed by atoms with Crippen LogP contribution >= 0.6 is 0 Å². The summed E-state index contributed by atoms with van der Waals surface area (Å²) in [6, 6.07) is 11.3. The van der Waals surface area contributed by atoms with Crippen LogP contribution in [0.25, 0.3) is 0 Å². The van der Waals surface area contributed by atoms with E-state index in [1.807, 2.05) is 24.3 Å². The molecule has 8 heteroatoms. The highest BCUT2D eigenvalue weighted by molar-refractivity contribution is 5.68. The van der Waals surface area contributed by atoms with E-state index in [0.29, 0.717) is 49.9 Å². The molecule has 1 aromatic carbocycles. The van der Waals surface area contributed by atoms with Crippen molar-refractivity contribution in [2.24, 2.45) is 0 Å². The SMILES string of the molecule is CCOC(=O)N1CCN(c2cc(Nc3ccccc3C#N)ncn2)CC1. The Kier molecular flexibility index (Phi) is 5.49. The van der Waals surface area contributed by atoms with Gasteiger partial charge in [-0.05, 0) is 19.1 Å². The number of para-hydroxylation sites is 1. The van der Waals surface area contributed by atoms with Crippen molar-refractivity contribution in [1.29, 1.82) is 5.26 Å². The van der Waals surface area contributed by atoms with Gasteiger partial charge in [0, 0.05) is 32.2 Å². The van der Waals surface area contributed by atoms with Crippen molar-refractivity contribution >= 4 is 23.4 Å². The van der Waals surface area contributed by atoms with Crippen LogP contribution in [0.1, 0.15) is 12.5 Å². The van der Waals surface area contributed by atoms with Gasteiger partial charge in [-0.15, -0.1) is 0 Å². The molecule has 0 atom stereocenters. The lowest BCUT2D eigenvalue weighted by molar-refractivity contribution is 0.105. The second kappa shape index (κ2) is 8.16. The molecule has 1 aliphatic heterocycles. The number of piperazine rings is 1. The molecule has 0 bridgehead atoms. The smallest absolute Gasteiger partial charge is 0.409 e. The molecule has 0 spiro atoms. The van der Waals surface area contributed by atoms with Crippen LogP contribution in [0.4, 0.5) is 22.1 Å². The second-order valence-electron chi connectivity index (χ2n) is 5.72. The summed E-state index contributed by atoms with van der Waals surface area (Å²) in [5.74, 6) is 1.39. The van der Waals surface area contributed by atoms with E-state index in [1.54, 1.807) is 17.9 Å². The molecular formula is C18H20N6O2. The fourth-order valence-electron chi connectivity index (χ4n) is 2.75. The van der Waals surface area contributed by atoms with Crippen LogP contribution in [0.15, 0.2) is 36.7 Å². The van der Waals surface area contributed by atoms with Crippen molar-refractivity contribution in [2.45, 2.75) is 6.92 Å². The summed E-state index contributed by atoms with van der Waals surface area (Å²) in [6.45, 7) is 4.69. The number of hydrogen-bond acceptors (Lipinski definition) is 7. The van der Waals surface area contributed by atoms with Gasteiger partial charge in [-0.3, -0.25) is 0 Å². The molecule has 1 aromatic heterocycles. The van der Waals surface area contributed by atoms with Gasteiger partial charge in [-0.1, -0.05) is 12.1 Å². The first-order chi connectivity index (χ1) is 12.7. The third-order valence-corrected chi connectivity index (χ3v) is 4.09. The number of hydrogen-bond donors (Lipinski definition) is 1. The Bertz CT molecular complexity index is 811. The van der Waals surface area contributed by atoms with Gasteiger partial charge in [0.05, 0.1) is 17.9 Å². The Morgan fingerprint density at radius 1 is 1.27 bits per heavy atom. The summed E-state index contributed by atoms with van der Waals surface area (Å²) in [5, 5.41) is 12.4. The molecule has 1 amide bonds. The van der Waals surface area contributed by atoms with Crippen molar-refractivity contribution in [2.75, 3.05) is 43.0 Å². The Balaban J connectivity index is 1.67. The van der Waals surface area contributed by atoms with E-state index in [2.05, 4.69) is 26.3 Å². The quantitative estimate of drug-likeness (QED) is 0.902. The molecule has 0 saturated carbocycles. The summed E-state index contributed by atoms with van der Waals surface area (Å²) in [7, 11) is 0. The number of aromatic nitrogens is 2. The number of benzene rings is 1. The lowest BCUT2D eigenvalue weighted by atomic mass is 10.2. The first-order valence-corrected chi connectivity index (χ1v) is 8.46. The van der Waals surface area contributed by atoms with Gasteiger partial charge in [0.1, 0.15) is 24.0 Å². The fraction of sp³-hybridized carbons (Fsp3) is 0.333. The standard InChI is InChI=1S/C18H20N6O2/c1-2-26-18(25)24-9-7-23(8-10-24)17-11-16(20-13-21-17)22-15-6-4-3-5-14(15)12-19/h3-6,11,13H,2,7-10H2,1H3,(H,20,21,22). The first kappa shape index (κ1) is 17.5. The average Bonchev–Trinajstić information content (AvgIpc) is 2.69. The molecule has 8 nitrogen and oxygen atoms in total. The van der Waals surface area contributed by atoms with Gasteiger partial charge in [0.25, 0.3) is 0 Å². The molecule has 1 saturated heterocycles. The Morgan fingerprint density at radius 3 is 2.77 bits per heavy atom. The number of rotatable bonds is 4. The lowest BCUT2D eigenvalue weighted by Gasteiger charge is -2.34. The largest absolute Gasteiger partial charge is 0.450 e. The number of anilines is 3. The summed E-state index contributed by atoms with van der Waals surface area (Å²) in [4.78, 5) is 24.1. The maximum absolute atomic E-state index is 11.8. The van der Waals surface area contributed by atoms with Crippen LogP contribution in [-0.2, 0) is 4.74 Å². The van der Waals surface area contributed by atoms with Gasteiger partial charge >= 0.3 is 6.09 Å². The van der Waals surface area contributed by atoms with Crippen molar-refractivity contribution in [3.63, 3.8) is 0 Å². The van der Waals surface area contributed by atoms with Crippen LogP contribution in [0.2, 0.25) is 0 Å². The molecule has 1 aliphatic rings. The Hall–Kier alpha value is -3.34. The Labute approximate surface area is 152 Å². The van der Waals surface area contributed by atoms with Gasteiger partial charge in [-0.2, -0.15) is 5.26 Å². The molecule has 1 N–H and O–H groups in total. The van der Waals surface area contributed by atoms with Crippen molar-refractivity contribution in [3.05, 3.63) is 42.2 Å². The zero-order valence-corrected chi connectivity index (χ0v) is 14.6. The molecular weight excluding hydrogens is 332 g/mol. The monoisotopic (exact) mass is 352 g/mol. The fourth-order valence-corrected chi connectivity index (χ4v) is 2.75. The molecule has 134 valence electrons. The van der Waals surface area contributed by atoms with Crippen LogP contribution in [0.5, 0.6) is 0 Å². The first-order valence-electron chi connectivity index (χ1n) is 8.46. The molecule has 2 heterocycles. The average molecular weight is 352 g/mol.